The van der Waals surface area contributed by atoms with Crippen LogP contribution in [0.4, 0.5) is 11.4 Å². The Morgan fingerprint density at radius 2 is 1.65 bits per heavy atom. The minimum atomic E-state index is -4.15. The highest BCUT2D eigenvalue weighted by molar-refractivity contribution is 7.92. The van der Waals surface area contributed by atoms with Crippen LogP contribution in [0.3, 0.4) is 0 Å². The van der Waals surface area contributed by atoms with Gasteiger partial charge in [0, 0.05) is 24.8 Å². The average molecular weight is 441 g/mol. The van der Waals surface area contributed by atoms with Crippen LogP contribution in [0.2, 0.25) is 0 Å². The summed E-state index contributed by atoms with van der Waals surface area (Å²) in [6.07, 6.45) is 0. The summed E-state index contributed by atoms with van der Waals surface area (Å²) in [7, 11) is -4.15. The lowest BCUT2D eigenvalue weighted by Gasteiger charge is -2.21. The summed E-state index contributed by atoms with van der Waals surface area (Å²) in [5.74, 6) is -0.462. The van der Waals surface area contributed by atoms with Gasteiger partial charge >= 0.3 is 5.97 Å². The molecular formula is C23H24N2O5S. The minimum absolute atomic E-state index is 0.205. The Bertz CT molecular complexity index is 1170. The molecular weight excluding hydrogens is 416 g/mol. The Morgan fingerprint density at radius 3 is 2.35 bits per heavy atom. The zero-order chi connectivity index (χ0) is 22.4. The monoisotopic (exact) mass is 440 g/mol. The Morgan fingerprint density at radius 1 is 0.968 bits per heavy atom. The smallest absolute Gasteiger partial charge is 0.337 e. The van der Waals surface area contributed by atoms with Crippen molar-refractivity contribution in [3.63, 3.8) is 0 Å². The second-order valence-electron chi connectivity index (χ2n) is 6.67. The van der Waals surface area contributed by atoms with Gasteiger partial charge in [0.1, 0.15) is 10.6 Å². The van der Waals surface area contributed by atoms with Crippen LogP contribution in [-0.4, -0.2) is 32.6 Å². The van der Waals surface area contributed by atoms with Crippen LogP contribution in [-0.2, 0) is 10.0 Å². The van der Waals surface area contributed by atoms with Crippen molar-refractivity contribution in [1.82, 2.24) is 0 Å². The van der Waals surface area contributed by atoms with Crippen LogP contribution >= 0.6 is 0 Å². The van der Waals surface area contributed by atoms with Crippen LogP contribution in [0.1, 0.15) is 24.2 Å². The second kappa shape index (κ2) is 9.53. The molecule has 0 spiro atoms. The Kier molecular flexibility index (Phi) is 6.81. The van der Waals surface area contributed by atoms with E-state index in [1.807, 2.05) is 18.2 Å². The first kappa shape index (κ1) is 22.2. The van der Waals surface area contributed by atoms with Crippen LogP contribution < -0.4 is 14.4 Å². The molecule has 7 nitrogen and oxygen atoms in total. The number of carboxylic acids is 1. The lowest BCUT2D eigenvalue weighted by molar-refractivity contribution is 0.0692. The van der Waals surface area contributed by atoms with Crippen LogP contribution in [0.15, 0.2) is 77.7 Å². The van der Waals surface area contributed by atoms with E-state index in [0.29, 0.717) is 11.5 Å². The summed E-state index contributed by atoms with van der Waals surface area (Å²) >= 11 is 0. The topological polar surface area (TPSA) is 95.9 Å². The minimum Gasteiger partial charge on any atom is -0.478 e. The summed E-state index contributed by atoms with van der Waals surface area (Å²) < 4.78 is 34.3. The van der Waals surface area contributed by atoms with E-state index in [4.69, 9.17) is 4.74 Å². The Balaban J connectivity index is 1.92. The van der Waals surface area contributed by atoms with Crippen molar-refractivity contribution in [2.45, 2.75) is 18.7 Å². The molecule has 0 atom stereocenters. The van der Waals surface area contributed by atoms with E-state index in [0.717, 1.165) is 18.8 Å². The lowest BCUT2D eigenvalue weighted by Crippen LogP contribution is -2.21. The molecule has 3 rings (SSSR count). The molecule has 0 bridgehead atoms. The Labute approximate surface area is 182 Å². The average Bonchev–Trinajstić information content (AvgIpc) is 2.76. The molecule has 0 saturated heterocycles. The number of para-hydroxylation sites is 2. The molecule has 3 aromatic carbocycles. The van der Waals surface area contributed by atoms with E-state index in [1.165, 1.54) is 24.3 Å². The summed E-state index contributed by atoms with van der Waals surface area (Å²) in [6.45, 7) is 5.82. The molecule has 3 aromatic rings. The van der Waals surface area contributed by atoms with Crippen molar-refractivity contribution in [3.05, 3.63) is 78.4 Å². The van der Waals surface area contributed by atoms with Gasteiger partial charge in [0.15, 0.2) is 5.75 Å². The first-order valence-corrected chi connectivity index (χ1v) is 11.3. The molecule has 162 valence electrons. The van der Waals surface area contributed by atoms with Crippen LogP contribution in [0.5, 0.6) is 11.5 Å². The highest BCUT2D eigenvalue weighted by Gasteiger charge is 2.23. The zero-order valence-corrected chi connectivity index (χ0v) is 18.1. The van der Waals surface area contributed by atoms with E-state index in [2.05, 4.69) is 23.5 Å². The van der Waals surface area contributed by atoms with E-state index in [-0.39, 0.29) is 16.1 Å². The second-order valence-corrected chi connectivity index (χ2v) is 8.33. The zero-order valence-electron chi connectivity index (χ0n) is 17.3. The van der Waals surface area contributed by atoms with Gasteiger partial charge in [0.2, 0.25) is 0 Å². The summed E-state index contributed by atoms with van der Waals surface area (Å²) in [6, 6.07) is 19.6. The maximum absolute atomic E-state index is 12.9. The summed E-state index contributed by atoms with van der Waals surface area (Å²) in [5, 5.41) is 9.34. The maximum atomic E-state index is 12.9. The van der Waals surface area contributed by atoms with Gasteiger partial charge in [0.05, 0.1) is 11.3 Å². The molecule has 2 N–H and O–H groups in total. The molecule has 0 aliphatic heterocycles. The number of sulfonamides is 1. The fourth-order valence-electron chi connectivity index (χ4n) is 3.18. The number of rotatable bonds is 9. The van der Waals surface area contributed by atoms with Crippen molar-refractivity contribution in [2.24, 2.45) is 0 Å². The molecule has 0 unspecified atom stereocenters. The van der Waals surface area contributed by atoms with Crippen molar-refractivity contribution in [2.75, 3.05) is 22.7 Å². The number of carboxylic acid groups (broad SMARTS) is 1. The number of hydrogen-bond acceptors (Lipinski definition) is 5. The first-order valence-electron chi connectivity index (χ1n) is 9.82. The van der Waals surface area contributed by atoms with Crippen LogP contribution in [0, 0.1) is 0 Å². The lowest BCUT2D eigenvalue weighted by atomic mass is 10.2. The van der Waals surface area contributed by atoms with Gasteiger partial charge in [-0.05, 0) is 50.2 Å². The number of benzene rings is 3. The van der Waals surface area contributed by atoms with Crippen LogP contribution in [0.25, 0.3) is 0 Å². The number of nitrogens with one attached hydrogen (secondary N) is 1. The molecule has 0 saturated carbocycles. The number of anilines is 2. The van der Waals surface area contributed by atoms with Gasteiger partial charge in [-0.3, -0.25) is 4.72 Å². The standard InChI is InChI=1S/C23H24N2O5S/c1-3-25(4-2)17-10-9-11-18(16-17)30-21-14-7-6-13-20(21)24-31(28,29)22-15-8-5-12-19(22)23(26)27/h5-16,24H,3-4H2,1-2H3,(H,26,27). The van der Waals surface area contributed by atoms with E-state index in [9.17, 15) is 18.3 Å². The number of hydrogen-bond donors (Lipinski definition) is 2. The van der Waals surface area contributed by atoms with Gasteiger partial charge in [-0.25, -0.2) is 13.2 Å². The van der Waals surface area contributed by atoms with E-state index < -0.39 is 16.0 Å². The molecule has 0 radical (unpaired) electrons. The van der Waals surface area contributed by atoms with Gasteiger partial charge in [-0.15, -0.1) is 0 Å². The predicted octanol–water partition coefficient (Wildman–Crippen LogP) is 4.82. The van der Waals surface area contributed by atoms with Crippen molar-refractivity contribution >= 4 is 27.4 Å². The third-order valence-corrected chi connectivity index (χ3v) is 6.14. The summed E-state index contributed by atoms with van der Waals surface area (Å²) in [5.41, 5.74) is 0.896. The predicted molar refractivity (Wildman–Crippen MR) is 121 cm³/mol. The van der Waals surface area contributed by atoms with Gasteiger partial charge < -0.3 is 14.7 Å². The largest absolute Gasteiger partial charge is 0.478 e. The number of aromatic carboxylic acids is 1. The van der Waals surface area contributed by atoms with Gasteiger partial charge in [-0.1, -0.05) is 30.3 Å². The molecule has 8 heteroatoms. The van der Waals surface area contributed by atoms with Crippen molar-refractivity contribution in [3.8, 4) is 11.5 Å². The molecule has 31 heavy (non-hydrogen) atoms. The number of ether oxygens (including phenoxy) is 1. The van der Waals surface area contributed by atoms with Gasteiger partial charge in [-0.2, -0.15) is 0 Å². The number of carbonyl (C=O) groups is 1. The molecule has 0 aromatic heterocycles. The third-order valence-electron chi connectivity index (χ3n) is 4.71. The molecule has 0 heterocycles. The fraction of sp³-hybridized carbons (Fsp3) is 0.174. The summed E-state index contributed by atoms with van der Waals surface area (Å²) in [4.78, 5) is 13.3. The SMILES string of the molecule is CCN(CC)c1cccc(Oc2ccccc2NS(=O)(=O)c2ccccc2C(=O)O)c1. The molecule has 0 aliphatic rings. The van der Waals surface area contributed by atoms with E-state index in [1.54, 1.807) is 30.3 Å². The van der Waals surface area contributed by atoms with Gasteiger partial charge in [0.25, 0.3) is 10.0 Å². The maximum Gasteiger partial charge on any atom is 0.337 e. The Hall–Kier alpha value is -3.52. The molecule has 0 amide bonds. The third kappa shape index (κ3) is 5.16. The van der Waals surface area contributed by atoms with E-state index >= 15 is 0 Å². The molecule has 0 aliphatic carbocycles. The van der Waals surface area contributed by atoms with Crippen molar-refractivity contribution in [1.29, 1.82) is 0 Å². The highest BCUT2D eigenvalue weighted by Crippen LogP contribution is 2.33. The first-order chi connectivity index (χ1) is 14.9. The van der Waals surface area contributed by atoms with Crippen molar-refractivity contribution < 1.29 is 23.1 Å². The highest BCUT2D eigenvalue weighted by atomic mass is 32.2. The quantitative estimate of drug-likeness (QED) is 0.495. The number of nitrogens with zero attached hydrogens (tertiary/aromatic N) is 1. The normalized spacial score (nSPS) is 11.0. The fourth-order valence-corrected chi connectivity index (χ4v) is 4.45. The molecule has 0 fully saturated rings.